The molecule has 1 saturated heterocycles. The Morgan fingerprint density at radius 1 is 1.39 bits per heavy atom. The van der Waals surface area contributed by atoms with Gasteiger partial charge >= 0.3 is 0 Å². The average Bonchev–Trinajstić information content (AvgIpc) is 2.41. The monoisotopic (exact) mass is 252 g/mol. The summed E-state index contributed by atoms with van der Waals surface area (Å²) in [5, 5.41) is 13.3. The molecule has 0 unspecified atom stereocenters. The fourth-order valence-electron chi connectivity index (χ4n) is 2.62. The van der Waals surface area contributed by atoms with Crippen LogP contribution in [0.1, 0.15) is 30.5 Å². The molecule has 1 heterocycles. The highest BCUT2D eigenvalue weighted by Gasteiger charge is 2.24. The number of hydrogen-bond acceptors (Lipinski definition) is 3. The van der Waals surface area contributed by atoms with Gasteiger partial charge in [-0.1, -0.05) is 19.1 Å². The second kappa shape index (κ2) is 5.67. The van der Waals surface area contributed by atoms with Gasteiger partial charge < -0.3 is 10.4 Å². The Balaban J connectivity index is 2.29. The molecule has 0 spiro atoms. The van der Waals surface area contributed by atoms with E-state index in [2.05, 4.69) is 17.1 Å². The molecule has 1 aromatic rings. The number of rotatable bonds is 3. The van der Waals surface area contributed by atoms with Crippen LogP contribution in [0.2, 0.25) is 0 Å². The van der Waals surface area contributed by atoms with E-state index in [1.54, 1.807) is 13.0 Å². The van der Waals surface area contributed by atoms with Crippen LogP contribution in [-0.2, 0) is 0 Å². The zero-order valence-electron chi connectivity index (χ0n) is 11.0. The fraction of sp³-hybridized carbons (Fsp3) is 0.571. The number of halogens is 1. The first-order valence-electron chi connectivity index (χ1n) is 6.58. The Labute approximate surface area is 108 Å². The molecule has 2 N–H and O–H groups in total. The van der Waals surface area contributed by atoms with E-state index in [4.69, 9.17) is 0 Å². The smallest absolute Gasteiger partial charge is 0.168 e. The quantitative estimate of drug-likeness (QED) is 0.865. The summed E-state index contributed by atoms with van der Waals surface area (Å²) in [4.78, 5) is 2.31. The molecule has 0 aromatic heterocycles. The van der Waals surface area contributed by atoms with Crippen LogP contribution in [-0.4, -0.2) is 36.2 Å². The maximum absolute atomic E-state index is 13.8. The van der Waals surface area contributed by atoms with Gasteiger partial charge in [-0.2, -0.15) is 0 Å². The lowest BCUT2D eigenvalue weighted by Crippen LogP contribution is -2.45. The van der Waals surface area contributed by atoms with E-state index in [0.29, 0.717) is 11.1 Å². The lowest BCUT2D eigenvalue weighted by molar-refractivity contribution is 0.166. The zero-order valence-corrected chi connectivity index (χ0v) is 11.0. The number of aryl methyl sites for hydroxylation is 1. The van der Waals surface area contributed by atoms with Crippen LogP contribution >= 0.6 is 0 Å². The van der Waals surface area contributed by atoms with Crippen LogP contribution in [0, 0.1) is 12.7 Å². The summed E-state index contributed by atoms with van der Waals surface area (Å²) in [7, 11) is 0. The molecule has 1 fully saturated rings. The van der Waals surface area contributed by atoms with E-state index >= 15 is 0 Å². The van der Waals surface area contributed by atoms with Crippen molar-refractivity contribution in [2.75, 3.05) is 26.2 Å². The normalized spacial score (nSPS) is 18.8. The summed E-state index contributed by atoms with van der Waals surface area (Å²) in [6, 6.07) is 3.70. The maximum atomic E-state index is 13.8. The van der Waals surface area contributed by atoms with Crippen LogP contribution in [0.4, 0.5) is 4.39 Å². The summed E-state index contributed by atoms with van der Waals surface area (Å²) in [5.41, 5.74) is 1.20. The third-order valence-electron chi connectivity index (χ3n) is 3.68. The first kappa shape index (κ1) is 13.3. The number of piperazine rings is 1. The van der Waals surface area contributed by atoms with Gasteiger partial charge in [-0.25, -0.2) is 4.39 Å². The van der Waals surface area contributed by atoms with Crippen molar-refractivity contribution in [2.45, 2.75) is 26.3 Å². The lowest BCUT2D eigenvalue weighted by atomic mass is 9.99. The number of aromatic hydroxyl groups is 1. The van der Waals surface area contributed by atoms with E-state index in [-0.39, 0.29) is 11.8 Å². The first-order chi connectivity index (χ1) is 8.65. The molecule has 1 atom stereocenters. The highest BCUT2D eigenvalue weighted by molar-refractivity contribution is 5.40. The summed E-state index contributed by atoms with van der Waals surface area (Å²) >= 11 is 0. The highest BCUT2D eigenvalue weighted by atomic mass is 19.1. The van der Waals surface area contributed by atoms with Crippen molar-refractivity contribution in [2.24, 2.45) is 0 Å². The Morgan fingerprint density at radius 2 is 2.06 bits per heavy atom. The number of hydrogen-bond donors (Lipinski definition) is 2. The van der Waals surface area contributed by atoms with Crippen molar-refractivity contribution in [1.82, 2.24) is 10.2 Å². The van der Waals surface area contributed by atoms with Gasteiger partial charge in [-0.15, -0.1) is 0 Å². The Bertz CT molecular complexity index is 417. The maximum Gasteiger partial charge on any atom is 0.168 e. The molecule has 0 bridgehead atoms. The van der Waals surface area contributed by atoms with Gasteiger partial charge in [0.2, 0.25) is 0 Å². The number of phenolic OH excluding ortho intramolecular Hbond substituents is 1. The second-order valence-corrected chi connectivity index (χ2v) is 4.84. The molecule has 18 heavy (non-hydrogen) atoms. The molecule has 0 amide bonds. The van der Waals surface area contributed by atoms with E-state index < -0.39 is 5.82 Å². The number of benzene rings is 1. The SMILES string of the molecule is CC[C@@H](c1ccc(C)c(F)c1O)N1CCNCC1. The van der Waals surface area contributed by atoms with Gasteiger partial charge in [0.05, 0.1) is 0 Å². The molecule has 0 radical (unpaired) electrons. The van der Waals surface area contributed by atoms with Gasteiger partial charge in [-0.05, 0) is 18.9 Å². The number of phenols is 1. The van der Waals surface area contributed by atoms with Crippen molar-refractivity contribution in [3.05, 3.63) is 29.1 Å². The van der Waals surface area contributed by atoms with E-state index in [1.807, 2.05) is 6.07 Å². The minimum atomic E-state index is -0.485. The van der Waals surface area contributed by atoms with Gasteiger partial charge in [0, 0.05) is 37.8 Å². The Hall–Kier alpha value is -1.13. The molecule has 1 aliphatic rings. The van der Waals surface area contributed by atoms with Crippen molar-refractivity contribution in [3.8, 4) is 5.75 Å². The molecule has 2 rings (SSSR count). The van der Waals surface area contributed by atoms with Crippen molar-refractivity contribution >= 4 is 0 Å². The summed E-state index contributed by atoms with van der Waals surface area (Å²) in [6.07, 6.45) is 0.871. The molecular formula is C14H21FN2O. The van der Waals surface area contributed by atoms with Crippen LogP contribution in [0.5, 0.6) is 5.75 Å². The number of nitrogens with one attached hydrogen (secondary N) is 1. The van der Waals surface area contributed by atoms with E-state index in [0.717, 1.165) is 32.6 Å². The Morgan fingerprint density at radius 3 is 2.67 bits per heavy atom. The summed E-state index contributed by atoms with van der Waals surface area (Å²) < 4.78 is 13.8. The van der Waals surface area contributed by atoms with Crippen LogP contribution in [0.15, 0.2) is 12.1 Å². The minimum absolute atomic E-state index is 0.0993. The third kappa shape index (κ3) is 2.49. The van der Waals surface area contributed by atoms with E-state index in [1.165, 1.54) is 0 Å². The van der Waals surface area contributed by atoms with E-state index in [9.17, 15) is 9.50 Å². The van der Waals surface area contributed by atoms with Crippen molar-refractivity contribution < 1.29 is 9.50 Å². The first-order valence-corrected chi connectivity index (χ1v) is 6.58. The molecule has 1 aromatic carbocycles. The fourth-order valence-corrected chi connectivity index (χ4v) is 2.62. The van der Waals surface area contributed by atoms with Gasteiger partial charge in [-0.3, -0.25) is 4.90 Å². The highest BCUT2D eigenvalue weighted by Crippen LogP contribution is 2.34. The predicted octanol–water partition coefficient (Wildman–Crippen LogP) is 2.20. The van der Waals surface area contributed by atoms with Crippen LogP contribution in [0.3, 0.4) is 0 Å². The topological polar surface area (TPSA) is 35.5 Å². The molecule has 3 nitrogen and oxygen atoms in total. The van der Waals surface area contributed by atoms with Crippen LogP contribution < -0.4 is 5.32 Å². The Kier molecular flexibility index (Phi) is 4.19. The zero-order chi connectivity index (χ0) is 13.1. The standard InChI is InChI=1S/C14H21FN2O/c1-3-12(17-8-6-16-7-9-17)11-5-4-10(2)13(15)14(11)18/h4-5,12,16,18H,3,6-9H2,1-2H3/t12-/m0/s1. The molecule has 100 valence electrons. The second-order valence-electron chi connectivity index (χ2n) is 4.84. The molecule has 0 saturated carbocycles. The molecular weight excluding hydrogens is 231 g/mol. The predicted molar refractivity (Wildman–Crippen MR) is 70.3 cm³/mol. The number of nitrogens with zero attached hydrogens (tertiary/aromatic N) is 1. The van der Waals surface area contributed by atoms with Crippen LogP contribution in [0.25, 0.3) is 0 Å². The van der Waals surface area contributed by atoms with Gasteiger partial charge in [0.25, 0.3) is 0 Å². The van der Waals surface area contributed by atoms with Crippen molar-refractivity contribution in [1.29, 1.82) is 0 Å². The summed E-state index contributed by atoms with van der Waals surface area (Å²) in [6.45, 7) is 7.52. The van der Waals surface area contributed by atoms with Gasteiger partial charge in [0.1, 0.15) is 0 Å². The van der Waals surface area contributed by atoms with Crippen molar-refractivity contribution in [3.63, 3.8) is 0 Å². The minimum Gasteiger partial charge on any atom is -0.505 e. The third-order valence-corrected chi connectivity index (χ3v) is 3.68. The molecule has 1 aliphatic heterocycles. The lowest BCUT2D eigenvalue weighted by Gasteiger charge is -2.35. The summed E-state index contributed by atoms with van der Waals surface area (Å²) in [5.74, 6) is -0.665. The molecule has 0 aliphatic carbocycles. The average molecular weight is 252 g/mol. The molecule has 4 heteroatoms. The largest absolute Gasteiger partial charge is 0.505 e. The van der Waals surface area contributed by atoms with Gasteiger partial charge in [0.15, 0.2) is 11.6 Å².